The van der Waals surface area contributed by atoms with Gasteiger partial charge in [-0.15, -0.1) is 0 Å². The number of benzene rings is 3. The minimum atomic E-state index is -0.680. The third-order valence-corrected chi connectivity index (χ3v) is 7.94. The van der Waals surface area contributed by atoms with E-state index in [1.54, 1.807) is 43.5 Å². The van der Waals surface area contributed by atoms with Gasteiger partial charge in [0, 0.05) is 46.7 Å². The van der Waals surface area contributed by atoms with E-state index in [2.05, 4.69) is 4.98 Å². The first kappa shape index (κ1) is 26.1. The normalized spacial score (nSPS) is 13.9. The predicted molar refractivity (Wildman–Crippen MR) is 151 cm³/mol. The van der Waals surface area contributed by atoms with Crippen molar-refractivity contribution in [1.29, 1.82) is 0 Å². The van der Waals surface area contributed by atoms with E-state index in [1.165, 1.54) is 18.2 Å². The maximum atomic E-state index is 15.1. The number of furan rings is 1. The molecule has 0 atom stereocenters. The van der Waals surface area contributed by atoms with E-state index >= 15 is 4.39 Å². The minimum absolute atomic E-state index is 0.0363. The van der Waals surface area contributed by atoms with Gasteiger partial charge in [-0.25, -0.2) is 8.78 Å². The van der Waals surface area contributed by atoms with Gasteiger partial charge < -0.3 is 4.42 Å². The lowest BCUT2D eigenvalue weighted by Crippen LogP contribution is -2.16. The monoisotopic (exact) mass is 555 g/mol. The lowest BCUT2D eigenvalue weighted by Gasteiger charge is -2.15. The van der Waals surface area contributed by atoms with Gasteiger partial charge in [0.15, 0.2) is 11.6 Å². The number of rotatable bonds is 8. The number of carbonyl (C=O) groups is 2. The topological polar surface area (TPSA) is 60.2 Å². The highest BCUT2D eigenvalue weighted by atomic mass is 35.5. The zero-order valence-electron chi connectivity index (χ0n) is 21.6. The summed E-state index contributed by atoms with van der Waals surface area (Å²) in [5.74, 6) is -1.18. The zero-order chi connectivity index (χ0) is 28.0. The molecule has 1 fully saturated rings. The van der Waals surface area contributed by atoms with Gasteiger partial charge in [0.1, 0.15) is 23.0 Å². The van der Waals surface area contributed by atoms with E-state index < -0.39 is 11.6 Å². The van der Waals surface area contributed by atoms with Crippen LogP contribution < -0.4 is 0 Å². The molecule has 4 nitrogen and oxygen atoms in total. The lowest BCUT2D eigenvalue weighted by atomic mass is 9.90. The van der Waals surface area contributed by atoms with Crippen molar-refractivity contribution in [3.63, 3.8) is 0 Å². The average molecular weight is 556 g/mol. The number of pyridine rings is 1. The summed E-state index contributed by atoms with van der Waals surface area (Å²) >= 11 is 6.49. The van der Waals surface area contributed by atoms with Crippen molar-refractivity contribution in [2.75, 3.05) is 0 Å². The number of aromatic nitrogens is 1. The zero-order valence-corrected chi connectivity index (χ0v) is 22.4. The number of fused-ring (bicyclic) bond motifs is 1. The first-order valence-corrected chi connectivity index (χ1v) is 13.5. The van der Waals surface area contributed by atoms with Crippen molar-refractivity contribution < 1.29 is 22.8 Å². The molecule has 3 aromatic carbocycles. The molecule has 0 N–H and O–H groups in total. The van der Waals surface area contributed by atoms with Crippen LogP contribution in [0.2, 0.25) is 5.02 Å². The Labute approximate surface area is 234 Å². The molecule has 6 rings (SSSR count). The van der Waals surface area contributed by atoms with Gasteiger partial charge in [-0.1, -0.05) is 30.7 Å². The summed E-state index contributed by atoms with van der Waals surface area (Å²) in [5.41, 5.74) is 2.94. The molecule has 1 saturated carbocycles. The summed E-state index contributed by atoms with van der Waals surface area (Å²) in [6.07, 6.45) is 3.73. The smallest absolute Gasteiger partial charge is 0.167 e. The van der Waals surface area contributed by atoms with Crippen LogP contribution in [0.3, 0.4) is 0 Å². The van der Waals surface area contributed by atoms with Crippen molar-refractivity contribution in [3.05, 3.63) is 112 Å². The molecule has 2 heterocycles. The Morgan fingerprint density at radius 2 is 1.70 bits per heavy atom. The highest BCUT2D eigenvalue weighted by Crippen LogP contribution is 2.51. The summed E-state index contributed by atoms with van der Waals surface area (Å²) in [4.78, 5) is 30.8. The summed E-state index contributed by atoms with van der Waals surface area (Å²) < 4.78 is 34.7. The van der Waals surface area contributed by atoms with Gasteiger partial charge in [-0.3, -0.25) is 14.6 Å². The number of hydrogen-bond acceptors (Lipinski definition) is 4. The molecule has 1 aliphatic carbocycles. The third-order valence-electron chi connectivity index (χ3n) is 7.62. The molecule has 0 radical (unpaired) electrons. The first-order valence-electron chi connectivity index (χ1n) is 13.1. The SMILES string of the molecule is CCC(=O)c1c(-c2ccc(F)cc2)oc2ccc(-c3cc(C(=O)CC4(c5ccccn5)CC4)c(F)cc3Cl)cc12. The molecule has 0 amide bonds. The van der Waals surface area contributed by atoms with Gasteiger partial charge >= 0.3 is 0 Å². The Morgan fingerprint density at radius 3 is 2.38 bits per heavy atom. The molecular weight excluding hydrogens is 532 g/mol. The Hall–Kier alpha value is -4.16. The molecular formula is C33H24ClF2NO3. The Kier molecular flexibility index (Phi) is 6.59. The van der Waals surface area contributed by atoms with Crippen molar-refractivity contribution in [1.82, 2.24) is 4.98 Å². The molecule has 0 unspecified atom stereocenters. The largest absolute Gasteiger partial charge is 0.455 e. The van der Waals surface area contributed by atoms with Gasteiger partial charge in [-0.05, 0) is 79.1 Å². The molecule has 1 aliphatic rings. The number of nitrogens with zero attached hydrogens (tertiary/aromatic N) is 1. The van der Waals surface area contributed by atoms with E-state index in [-0.39, 0.29) is 40.4 Å². The van der Waals surface area contributed by atoms with Crippen LogP contribution in [0.15, 0.2) is 83.4 Å². The summed E-state index contributed by atoms with van der Waals surface area (Å²) in [7, 11) is 0. The average Bonchev–Trinajstić information content (AvgIpc) is 3.64. The van der Waals surface area contributed by atoms with Crippen molar-refractivity contribution in [2.45, 2.75) is 38.0 Å². The van der Waals surface area contributed by atoms with Gasteiger partial charge in [-0.2, -0.15) is 0 Å². The Balaban J connectivity index is 1.41. The van der Waals surface area contributed by atoms with Crippen molar-refractivity contribution in [3.8, 4) is 22.5 Å². The number of carbonyl (C=O) groups excluding carboxylic acids is 2. The fraction of sp³-hybridized carbons (Fsp3) is 0.182. The fourth-order valence-corrected chi connectivity index (χ4v) is 5.52. The van der Waals surface area contributed by atoms with Crippen LogP contribution in [0.4, 0.5) is 8.78 Å². The number of ketones is 2. The van der Waals surface area contributed by atoms with E-state index in [9.17, 15) is 14.0 Å². The quantitative estimate of drug-likeness (QED) is 0.179. The molecule has 7 heteroatoms. The predicted octanol–water partition coefficient (Wildman–Crippen LogP) is 8.99. The molecule has 5 aromatic rings. The molecule has 2 aromatic heterocycles. The van der Waals surface area contributed by atoms with Crippen LogP contribution in [0.5, 0.6) is 0 Å². The van der Waals surface area contributed by atoms with Crippen LogP contribution in [0.25, 0.3) is 33.4 Å². The maximum absolute atomic E-state index is 15.1. The van der Waals surface area contributed by atoms with Crippen LogP contribution in [-0.2, 0) is 5.41 Å². The van der Waals surface area contributed by atoms with E-state index in [4.69, 9.17) is 16.0 Å². The van der Waals surface area contributed by atoms with E-state index in [1.807, 2.05) is 18.2 Å². The Bertz CT molecular complexity index is 1770. The molecule has 40 heavy (non-hydrogen) atoms. The molecule has 0 saturated heterocycles. The maximum Gasteiger partial charge on any atom is 0.167 e. The summed E-state index contributed by atoms with van der Waals surface area (Å²) in [6.45, 7) is 1.76. The van der Waals surface area contributed by atoms with Crippen molar-refractivity contribution in [2.24, 2.45) is 0 Å². The lowest BCUT2D eigenvalue weighted by molar-refractivity contribution is 0.0962. The van der Waals surface area contributed by atoms with E-state index in [0.29, 0.717) is 39.0 Å². The van der Waals surface area contributed by atoms with Gasteiger partial charge in [0.25, 0.3) is 0 Å². The minimum Gasteiger partial charge on any atom is -0.455 e. The standard InChI is InChI=1S/C33H24ClF2NO3/c1-2-27(38)31-24-15-20(8-11-29(24)40-32(31)19-6-9-21(35)10-7-19)22-16-23(26(36)17-25(22)34)28(39)18-33(12-13-33)30-5-3-4-14-37-30/h3-11,14-17H,2,12-13,18H2,1H3. The first-order chi connectivity index (χ1) is 19.3. The second-order valence-electron chi connectivity index (χ2n) is 10.2. The number of Topliss-reactive ketones (excluding diaryl/α,β-unsaturated/α-hetero) is 2. The molecule has 0 aliphatic heterocycles. The second-order valence-corrected chi connectivity index (χ2v) is 10.6. The van der Waals surface area contributed by atoms with Gasteiger partial charge in [0.2, 0.25) is 0 Å². The van der Waals surface area contributed by atoms with Crippen LogP contribution >= 0.6 is 11.6 Å². The highest BCUT2D eigenvalue weighted by Gasteiger charge is 2.47. The third kappa shape index (κ3) is 4.62. The van der Waals surface area contributed by atoms with Crippen molar-refractivity contribution >= 4 is 34.1 Å². The van der Waals surface area contributed by atoms with Crippen LogP contribution in [-0.4, -0.2) is 16.6 Å². The summed E-state index contributed by atoms with van der Waals surface area (Å²) in [6, 6.07) is 19.2. The number of halogens is 3. The van der Waals surface area contributed by atoms with Crippen LogP contribution in [0, 0.1) is 11.6 Å². The molecule has 200 valence electrons. The van der Waals surface area contributed by atoms with Gasteiger partial charge in [0.05, 0.1) is 16.1 Å². The number of hydrogen-bond donors (Lipinski definition) is 0. The molecule has 0 spiro atoms. The Morgan fingerprint density at radius 1 is 0.950 bits per heavy atom. The summed E-state index contributed by atoms with van der Waals surface area (Å²) in [5, 5.41) is 0.703. The fourth-order valence-electron chi connectivity index (χ4n) is 5.26. The second kappa shape index (κ2) is 10.1. The molecule has 0 bridgehead atoms. The highest BCUT2D eigenvalue weighted by molar-refractivity contribution is 6.33. The van der Waals surface area contributed by atoms with Crippen LogP contribution in [0.1, 0.15) is 59.0 Å². The van der Waals surface area contributed by atoms with E-state index in [0.717, 1.165) is 24.6 Å².